The molecule has 0 saturated carbocycles. The summed E-state index contributed by atoms with van der Waals surface area (Å²) in [7, 11) is 0. The molecule has 1 unspecified atom stereocenters. The highest BCUT2D eigenvalue weighted by Gasteiger charge is 2.27. The van der Waals surface area contributed by atoms with Gasteiger partial charge in [-0.3, -0.25) is 0 Å². The van der Waals surface area contributed by atoms with Crippen molar-refractivity contribution in [2.45, 2.75) is 50.7 Å². The number of aromatic nitrogens is 2. The van der Waals surface area contributed by atoms with Crippen molar-refractivity contribution in [3.63, 3.8) is 0 Å². The number of nitrogens with two attached hydrogens (primary N) is 1. The standard InChI is InChI=1S/C12H16F3N3/c13-12(14,15)6-5-11-17-7-8-9(16)3-1-2-4-10(8)18-11/h7,9H,1-6,16H2. The van der Waals surface area contributed by atoms with E-state index in [9.17, 15) is 13.2 Å². The van der Waals surface area contributed by atoms with Crippen molar-refractivity contribution in [2.24, 2.45) is 5.73 Å². The van der Waals surface area contributed by atoms with Crippen LogP contribution >= 0.6 is 0 Å². The van der Waals surface area contributed by atoms with Crippen LogP contribution in [0.1, 0.15) is 48.8 Å². The Morgan fingerprint density at radius 1 is 1.33 bits per heavy atom. The minimum atomic E-state index is -4.16. The number of fused-ring (bicyclic) bond motifs is 1. The Labute approximate surface area is 104 Å². The molecule has 0 saturated heterocycles. The molecule has 1 aliphatic carbocycles. The predicted octanol–water partition coefficient (Wildman–Crippen LogP) is 2.70. The lowest BCUT2D eigenvalue weighted by atomic mass is 10.1. The van der Waals surface area contributed by atoms with Crippen LogP contribution in [0.15, 0.2) is 6.20 Å². The van der Waals surface area contributed by atoms with Gasteiger partial charge in [-0.1, -0.05) is 6.42 Å². The van der Waals surface area contributed by atoms with Crippen LogP contribution in [0.5, 0.6) is 0 Å². The van der Waals surface area contributed by atoms with Crippen molar-refractivity contribution in [1.29, 1.82) is 0 Å². The topological polar surface area (TPSA) is 51.8 Å². The lowest BCUT2D eigenvalue weighted by Gasteiger charge is -2.12. The van der Waals surface area contributed by atoms with Crippen LogP contribution < -0.4 is 5.73 Å². The fraction of sp³-hybridized carbons (Fsp3) is 0.667. The third kappa shape index (κ3) is 3.41. The van der Waals surface area contributed by atoms with E-state index in [4.69, 9.17) is 5.73 Å². The molecule has 0 amide bonds. The minimum absolute atomic E-state index is 0.0841. The maximum atomic E-state index is 12.1. The molecule has 1 aromatic heterocycles. The first-order valence-electron chi connectivity index (χ1n) is 6.13. The zero-order valence-electron chi connectivity index (χ0n) is 10.0. The van der Waals surface area contributed by atoms with Gasteiger partial charge in [-0.25, -0.2) is 9.97 Å². The van der Waals surface area contributed by atoms with E-state index in [2.05, 4.69) is 9.97 Å². The molecule has 3 nitrogen and oxygen atoms in total. The number of halogens is 3. The molecular weight excluding hydrogens is 243 g/mol. The second-order valence-electron chi connectivity index (χ2n) is 4.66. The summed E-state index contributed by atoms with van der Waals surface area (Å²) in [5, 5.41) is 0. The molecule has 2 rings (SSSR count). The van der Waals surface area contributed by atoms with Gasteiger partial charge in [0.05, 0.1) is 6.42 Å². The Hall–Kier alpha value is -1.17. The van der Waals surface area contributed by atoms with E-state index in [1.54, 1.807) is 6.20 Å². The van der Waals surface area contributed by atoms with Crippen molar-refractivity contribution in [3.8, 4) is 0 Å². The van der Waals surface area contributed by atoms with Gasteiger partial charge in [0.15, 0.2) is 0 Å². The Kier molecular flexibility index (Phi) is 3.85. The molecule has 0 bridgehead atoms. The molecule has 0 radical (unpaired) electrons. The Bertz CT molecular complexity index is 418. The van der Waals surface area contributed by atoms with Crippen molar-refractivity contribution in [3.05, 3.63) is 23.3 Å². The Balaban J connectivity index is 2.13. The fourth-order valence-electron chi connectivity index (χ4n) is 2.16. The molecule has 1 heterocycles. The quantitative estimate of drug-likeness (QED) is 0.831. The van der Waals surface area contributed by atoms with Crippen LogP contribution in [0.4, 0.5) is 13.2 Å². The van der Waals surface area contributed by atoms with Gasteiger partial charge in [0, 0.05) is 29.9 Å². The summed E-state index contributed by atoms with van der Waals surface area (Å²) in [6.45, 7) is 0. The van der Waals surface area contributed by atoms with E-state index < -0.39 is 12.6 Å². The monoisotopic (exact) mass is 259 g/mol. The third-order valence-corrected chi connectivity index (χ3v) is 3.16. The van der Waals surface area contributed by atoms with Crippen LogP contribution in [0.3, 0.4) is 0 Å². The average molecular weight is 259 g/mol. The first kappa shape index (κ1) is 13.3. The van der Waals surface area contributed by atoms with E-state index in [1.165, 1.54) is 0 Å². The summed E-state index contributed by atoms with van der Waals surface area (Å²) >= 11 is 0. The second-order valence-corrected chi connectivity index (χ2v) is 4.66. The molecular formula is C12H16F3N3. The summed E-state index contributed by atoms with van der Waals surface area (Å²) in [6.07, 6.45) is 0.0785. The average Bonchev–Trinajstić information content (AvgIpc) is 2.48. The summed E-state index contributed by atoms with van der Waals surface area (Å²) < 4.78 is 36.4. The van der Waals surface area contributed by atoms with Gasteiger partial charge in [0.1, 0.15) is 5.82 Å². The number of aryl methyl sites for hydroxylation is 2. The second kappa shape index (κ2) is 5.22. The molecule has 18 heavy (non-hydrogen) atoms. The van der Waals surface area contributed by atoms with E-state index >= 15 is 0 Å². The SMILES string of the molecule is NC1CCCCc2nc(CCC(F)(F)F)ncc21. The molecule has 1 aromatic rings. The molecule has 0 aliphatic heterocycles. The van der Waals surface area contributed by atoms with Gasteiger partial charge in [-0.15, -0.1) is 0 Å². The molecule has 1 atom stereocenters. The summed E-state index contributed by atoms with van der Waals surface area (Å²) in [5.41, 5.74) is 7.70. The van der Waals surface area contributed by atoms with Crippen LogP contribution in [0, 0.1) is 0 Å². The summed E-state index contributed by atoms with van der Waals surface area (Å²) in [5.74, 6) is 0.264. The molecule has 0 aromatic carbocycles. The minimum Gasteiger partial charge on any atom is -0.324 e. The van der Waals surface area contributed by atoms with Crippen molar-refractivity contribution in [1.82, 2.24) is 9.97 Å². The maximum absolute atomic E-state index is 12.1. The molecule has 100 valence electrons. The highest BCUT2D eigenvalue weighted by Crippen LogP contribution is 2.26. The number of nitrogens with zero attached hydrogens (tertiary/aromatic N) is 2. The maximum Gasteiger partial charge on any atom is 0.389 e. The van der Waals surface area contributed by atoms with Crippen LogP contribution in [0.25, 0.3) is 0 Å². The van der Waals surface area contributed by atoms with Crippen LogP contribution in [-0.2, 0) is 12.8 Å². The lowest BCUT2D eigenvalue weighted by molar-refractivity contribution is -0.134. The molecule has 0 spiro atoms. The Morgan fingerprint density at radius 2 is 2.11 bits per heavy atom. The van der Waals surface area contributed by atoms with Crippen LogP contribution in [0.2, 0.25) is 0 Å². The summed E-state index contributed by atoms with van der Waals surface area (Å²) in [4.78, 5) is 8.23. The highest BCUT2D eigenvalue weighted by atomic mass is 19.4. The lowest BCUT2D eigenvalue weighted by Crippen LogP contribution is -2.15. The zero-order valence-corrected chi connectivity index (χ0v) is 10.0. The predicted molar refractivity (Wildman–Crippen MR) is 60.9 cm³/mol. The number of alkyl halides is 3. The molecule has 2 N–H and O–H groups in total. The van der Waals surface area contributed by atoms with Crippen molar-refractivity contribution in [2.75, 3.05) is 0 Å². The van der Waals surface area contributed by atoms with Crippen molar-refractivity contribution < 1.29 is 13.2 Å². The van der Waals surface area contributed by atoms with E-state index in [0.29, 0.717) is 0 Å². The van der Waals surface area contributed by atoms with E-state index in [-0.39, 0.29) is 18.3 Å². The van der Waals surface area contributed by atoms with Gasteiger partial charge in [0.2, 0.25) is 0 Å². The first-order valence-corrected chi connectivity index (χ1v) is 6.13. The van der Waals surface area contributed by atoms with E-state index in [1.807, 2.05) is 0 Å². The van der Waals surface area contributed by atoms with Gasteiger partial charge in [-0.05, 0) is 19.3 Å². The number of hydrogen-bond acceptors (Lipinski definition) is 3. The zero-order chi connectivity index (χ0) is 13.2. The van der Waals surface area contributed by atoms with Gasteiger partial charge < -0.3 is 5.73 Å². The van der Waals surface area contributed by atoms with Gasteiger partial charge in [0.25, 0.3) is 0 Å². The summed E-state index contributed by atoms with van der Waals surface area (Å²) in [6, 6.07) is -0.0841. The Morgan fingerprint density at radius 3 is 2.83 bits per heavy atom. The number of rotatable bonds is 2. The normalized spacial score (nSPS) is 20.3. The largest absolute Gasteiger partial charge is 0.389 e. The smallest absolute Gasteiger partial charge is 0.324 e. The van der Waals surface area contributed by atoms with Gasteiger partial charge >= 0.3 is 6.18 Å². The highest BCUT2D eigenvalue weighted by molar-refractivity contribution is 5.23. The molecule has 0 fully saturated rings. The molecule has 1 aliphatic rings. The molecule has 6 heteroatoms. The van der Waals surface area contributed by atoms with Crippen LogP contribution in [-0.4, -0.2) is 16.1 Å². The van der Waals surface area contributed by atoms with E-state index in [0.717, 1.165) is 36.9 Å². The first-order chi connectivity index (χ1) is 8.46. The van der Waals surface area contributed by atoms with Crippen molar-refractivity contribution >= 4 is 0 Å². The number of hydrogen-bond donors (Lipinski definition) is 1. The van der Waals surface area contributed by atoms with Gasteiger partial charge in [-0.2, -0.15) is 13.2 Å². The fourth-order valence-corrected chi connectivity index (χ4v) is 2.16. The third-order valence-electron chi connectivity index (χ3n) is 3.16.